The number of alkyl halides is 1. The molecule has 0 aliphatic carbocycles. The van der Waals surface area contributed by atoms with E-state index in [0.717, 1.165) is 17.5 Å². The molecule has 1 heterocycles. The molecule has 0 spiro atoms. The van der Waals surface area contributed by atoms with Crippen LogP contribution >= 0.6 is 15.9 Å². The Morgan fingerprint density at radius 1 is 1.38 bits per heavy atom. The topological polar surface area (TPSA) is 20.3 Å². The summed E-state index contributed by atoms with van der Waals surface area (Å²) < 4.78 is 25.8. The monoisotopic (exact) mass is 289 g/mol. The largest absolute Gasteiger partial charge is 0.312 e. The van der Waals surface area contributed by atoms with E-state index in [1.54, 1.807) is 0 Å². The van der Waals surface area contributed by atoms with E-state index in [4.69, 9.17) is 0 Å². The first kappa shape index (κ1) is 11.5. The highest BCUT2D eigenvalue weighted by atomic mass is 79.9. The summed E-state index contributed by atoms with van der Waals surface area (Å²) >= 11 is 3.32. The van der Waals surface area contributed by atoms with E-state index in [0.29, 0.717) is 18.7 Å². The number of amides is 1. The third-order valence-corrected chi connectivity index (χ3v) is 3.55. The number of anilines is 1. The number of rotatable bonds is 2. The Bertz CT molecular complexity index is 424. The first-order valence-electron chi connectivity index (χ1n) is 4.93. The van der Waals surface area contributed by atoms with E-state index in [1.165, 1.54) is 11.0 Å². The average Bonchev–Trinajstić information content (AvgIpc) is 2.64. The van der Waals surface area contributed by atoms with Crippen LogP contribution in [0.15, 0.2) is 18.2 Å². The van der Waals surface area contributed by atoms with Crippen molar-refractivity contribution in [1.82, 2.24) is 0 Å². The first-order valence-corrected chi connectivity index (χ1v) is 6.05. The normalized spacial score (nSPS) is 20.6. The number of nitrogens with zero attached hydrogens (tertiary/aromatic N) is 1. The minimum absolute atomic E-state index is 0.0459. The van der Waals surface area contributed by atoms with Crippen molar-refractivity contribution in [2.24, 2.45) is 5.92 Å². The van der Waals surface area contributed by atoms with Gasteiger partial charge in [-0.25, -0.2) is 8.78 Å². The van der Waals surface area contributed by atoms with Gasteiger partial charge in [-0.05, 0) is 18.1 Å². The summed E-state index contributed by atoms with van der Waals surface area (Å²) in [6.07, 6.45) is 0.449. The molecular weight excluding hydrogens is 280 g/mol. The molecule has 5 heteroatoms. The third-order valence-electron chi connectivity index (χ3n) is 2.64. The molecule has 1 atom stereocenters. The molecule has 0 radical (unpaired) electrons. The van der Waals surface area contributed by atoms with Gasteiger partial charge in [-0.2, -0.15) is 0 Å². The highest BCUT2D eigenvalue weighted by molar-refractivity contribution is 9.09. The van der Waals surface area contributed by atoms with Gasteiger partial charge in [0.05, 0.1) is 0 Å². The number of hydrogen-bond donors (Lipinski definition) is 0. The quantitative estimate of drug-likeness (QED) is 0.767. The Kier molecular flexibility index (Phi) is 3.23. The predicted molar refractivity (Wildman–Crippen MR) is 60.6 cm³/mol. The van der Waals surface area contributed by atoms with Crippen LogP contribution in [0.1, 0.15) is 6.42 Å². The molecule has 0 bridgehead atoms. The summed E-state index contributed by atoms with van der Waals surface area (Å²) in [5, 5.41) is 0.735. The van der Waals surface area contributed by atoms with Crippen LogP contribution in [0, 0.1) is 17.6 Å². The van der Waals surface area contributed by atoms with Gasteiger partial charge in [0.2, 0.25) is 5.91 Å². The van der Waals surface area contributed by atoms with E-state index < -0.39 is 11.6 Å². The minimum Gasteiger partial charge on any atom is -0.312 e. The Hall–Kier alpha value is -0.970. The van der Waals surface area contributed by atoms with Crippen LogP contribution in [0.5, 0.6) is 0 Å². The number of carbonyl (C=O) groups is 1. The zero-order valence-electron chi connectivity index (χ0n) is 8.42. The van der Waals surface area contributed by atoms with E-state index in [-0.39, 0.29) is 11.8 Å². The van der Waals surface area contributed by atoms with Crippen LogP contribution in [0.25, 0.3) is 0 Å². The molecule has 2 rings (SSSR count). The van der Waals surface area contributed by atoms with Gasteiger partial charge in [0, 0.05) is 30.0 Å². The van der Waals surface area contributed by atoms with E-state index >= 15 is 0 Å². The zero-order chi connectivity index (χ0) is 11.7. The van der Waals surface area contributed by atoms with Gasteiger partial charge in [0.15, 0.2) is 11.6 Å². The number of hydrogen-bond acceptors (Lipinski definition) is 1. The second-order valence-corrected chi connectivity index (χ2v) is 4.47. The lowest BCUT2D eigenvalue weighted by Crippen LogP contribution is -2.24. The van der Waals surface area contributed by atoms with Crippen molar-refractivity contribution >= 4 is 27.5 Å². The Morgan fingerprint density at radius 3 is 2.69 bits per heavy atom. The molecule has 2 nitrogen and oxygen atoms in total. The highest BCUT2D eigenvalue weighted by Gasteiger charge is 2.30. The molecule has 86 valence electrons. The van der Waals surface area contributed by atoms with Crippen LogP contribution in [0.2, 0.25) is 0 Å². The molecule has 1 amide bonds. The lowest BCUT2D eigenvalue weighted by Gasteiger charge is -2.16. The SMILES string of the molecule is O=C1CC(CBr)CN1c1ccc(F)c(F)c1. The molecule has 16 heavy (non-hydrogen) atoms. The maximum Gasteiger partial charge on any atom is 0.227 e. The summed E-state index contributed by atoms with van der Waals surface area (Å²) in [4.78, 5) is 13.1. The van der Waals surface area contributed by atoms with Crippen LogP contribution in [-0.2, 0) is 4.79 Å². The van der Waals surface area contributed by atoms with Gasteiger partial charge in [0.25, 0.3) is 0 Å². The van der Waals surface area contributed by atoms with Gasteiger partial charge >= 0.3 is 0 Å². The predicted octanol–water partition coefficient (Wildman–Crippen LogP) is 2.71. The van der Waals surface area contributed by atoms with Crippen LogP contribution in [-0.4, -0.2) is 17.8 Å². The molecular formula is C11H10BrF2NO. The standard InChI is InChI=1S/C11H10BrF2NO/c12-5-7-3-11(16)15(6-7)8-1-2-9(13)10(14)4-8/h1-2,4,7H,3,5-6H2. The fraction of sp³-hybridized carbons (Fsp3) is 0.364. The number of halogens is 3. The van der Waals surface area contributed by atoms with Crippen LogP contribution in [0.4, 0.5) is 14.5 Å². The van der Waals surface area contributed by atoms with E-state index in [1.807, 2.05) is 0 Å². The molecule has 1 unspecified atom stereocenters. The molecule has 1 fully saturated rings. The fourth-order valence-electron chi connectivity index (χ4n) is 1.79. The second-order valence-electron chi connectivity index (χ2n) is 3.83. The first-order chi connectivity index (χ1) is 7.61. The van der Waals surface area contributed by atoms with Crippen molar-refractivity contribution in [2.75, 3.05) is 16.8 Å². The Morgan fingerprint density at radius 2 is 2.12 bits per heavy atom. The third kappa shape index (κ3) is 2.09. The summed E-state index contributed by atoms with van der Waals surface area (Å²) in [7, 11) is 0. The molecule has 1 aliphatic heterocycles. The van der Waals surface area contributed by atoms with E-state index in [2.05, 4.69) is 15.9 Å². The van der Waals surface area contributed by atoms with E-state index in [9.17, 15) is 13.6 Å². The average molecular weight is 290 g/mol. The summed E-state index contributed by atoms with van der Waals surface area (Å²) in [6.45, 7) is 0.551. The Balaban J connectivity index is 2.24. The highest BCUT2D eigenvalue weighted by Crippen LogP contribution is 2.27. The van der Waals surface area contributed by atoms with Crippen LogP contribution < -0.4 is 4.90 Å². The maximum absolute atomic E-state index is 13.0. The lowest BCUT2D eigenvalue weighted by atomic mass is 10.2. The van der Waals surface area contributed by atoms with Gasteiger partial charge in [-0.15, -0.1) is 0 Å². The molecule has 1 aliphatic rings. The van der Waals surface area contributed by atoms with Crippen molar-refractivity contribution in [3.05, 3.63) is 29.8 Å². The van der Waals surface area contributed by atoms with Gasteiger partial charge in [-0.1, -0.05) is 15.9 Å². The van der Waals surface area contributed by atoms with Crippen molar-refractivity contribution in [1.29, 1.82) is 0 Å². The fourth-order valence-corrected chi connectivity index (χ4v) is 2.22. The smallest absolute Gasteiger partial charge is 0.227 e. The summed E-state index contributed by atoms with van der Waals surface area (Å²) in [5.41, 5.74) is 0.423. The van der Waals surface area contributed by atoms with Gasteiger partial charge < -0.3 is 4.90 Å². The second kappa shape index (κ2) is 4.49. The summed E-state index contributed by atoms with van der Waals surface area (Å²) in [5.74, 6) is -1.63. The van der Waals surface area contributed by atoms with Gasteiger partial charge in [0.1, 0.15) is 0 Å². The van der Waals surface area contributed by atoms with Crippen molar-refractivity contribution in [2.45, 2.75) is 6.42 Å². The molecule has 1 aromatic rings. The molecule has 1 aromatic carbocycles. The lowest BCUT2D eigenvalue weighted by molar-refractivity contribution is -0.117. The van der Waals surface area contributed by atoms with Crippen LogP contribution in [0.3, 0.4) is 0 Å². The Labute approximate surface area is 100 Å². The van der Waals surface area contributed by atoms with Crippen molar-refractivity contribution in [3.8, 4) is 0 Å². The molecule has 0 saturated carbocycles. The molecule has 1 saturated heterocycles. The molecule has 0 aromatic heterocycles. The van der Waals surface area contributed by atoms with Crippen molar-refractivity contribution < 1.29 is 13.6 Å². The zero-order valence-corrected chi connectivity index (χ0v) is 10.0. The minimum atomic E-state index is -0.924. The van der Waals surface area contributed by atoms with Gasteiger partial charge in [-0.3, -0.25) is 4.79 Å². The number of carbonyl (C=O) groups excluding carboxylic acids is 1. The summed E-state index contributed by atoms with van der Waals surface area (Å²) in [6, 6.07) is 3.52. The number of benzene rings is 1. The van der Waals surface area contributed by atoms with Crippen molar-refractivity contribution in [3.63, 3.8) is 0 Å². The molecule has 0 N–H and O–H groups in total. The maximum atomic E-state index is 13.0.